The molecule has 1 fully saturated rings. The van der Waals surface area contributed by atoms with Gasteiger partial charge in [0.1, 0.15) is 0 Å². The van der Waals surface area contributed by atoms with Crippen LogP contribution in [-0.4, -0.2) is 37.6 Å². The molecule has 0 bridgehead atoms. The molecule has 74 valence electrons. The minimum atomic E-state index is 0.693. The minimum Gasteiger partial charge on any atom is -0.314 e. The van der Waals surface area contributed by atoms with Gasteiger partial charge in [-0.15, -0.1) is 6.42 Å². The molecule has 1 aliphatic carbocycles. The highest BCUT2D eigenvalue weighted by Gasteiger charge is 2.20. The van der Waals surface area contributed by atoms with Gasteiger partial charge in [-0.05, 0) is 32.4 Å². The van der Waals surface area contributed by atoms with E-state index in [1.54, 1.807) is 0 Å². The highest BCUT2D eigenvalue weighted by molar-refractivity contribution is 4.87. The van der Waals surface area contributed by atoms with Gasteiger partial charge in [-0.2, -0.15) is 0 Å². The first-order valence-corrected chi connectivity index (χ1v) is 5.07. The molecule has 2 nitrogen and oxygen atoms in total. The van der Waals surface area contributed by atoms with Crippen molar-refractivity contribution in [2.24, 2.45) is 5.92 Å². The molecule has 1 N–H and O–H groups in total. The third kappa shape index (κ3) is 4.92. The Kier molecular flexibility index (Phi) is 4.27. The molecule has 0 aromatic carbocycles. The summed E-state index contributed by atoms with van der Waals surface area (Å²) in [5, 5.41) is 3.53. The predicted molar refractivity (Wildman–Crippen MR) is 56.5 cm³/mol. The van der Waals surface area contributed by atoms with Crippen LogP contribution in [0.1, 0.15) is 19.8 Å². The van der Waals surface area contributed by atoms with E-state index in [1.807, 2.05) is 0 Å². The van der Waals surface area contributed by atoms with Gasteiger partial charge in [-0.3, -0.25) is 4.90 Å². The van der Waals surface area contributed by atoms with Gasteiger partial charge in [0.15, 0.2) is 0 Å². The molecule has 0 aliphatic heterocycles. The summed E-state index contributed by atoms with van der Waals surface area (Å²) in [6.45, 7) is 5.24. The van der Waals surface area contributed by atoms with Crippen LogP contribution >= 0.6 is 0 Å². The fourth-order valence-corrected chi connectivity index (χ4v) is 1.47. The number of nitrogens with zero attached hydrogens (tertiary/aromatic N) is 1. The Hall–Kier alpha value is -0.520. The lowest BCUT2D eigenvalue weighted by Gasteiger charge is -2.19. The van der Waals surface area contributed by atoms with Gasteiger partial charge in [0.2, 0.25) is 0 Å². The summed E-state index contributed by atoms with van der Waals surface area (Å²) in [6, 6.07) is 0.820. The second-order valence-corrected chi connectivity index (χ2v) is 4.19. The molecule has 1 rings (SSSR count). The first-order chi connectivity index (χ1) is 6.22. The van der Waals surface area contributed by atoms with Crippen molar-refractivity contribution >= 4 is 0 Å². The van der Waals surface area contributed by atoms with Crippen molar-refractivity contribution < 1.29 is 0 Å². The van der Waals surface area contributed by atoms with Crippen LogP contribution in [0.4, 0.5) is 0 Å². The molecule has 0 radical (unpaired) electrons. The van der Waals surface area contributed by atoms with E-state index < -0.39 is 0 Å². The van der Waals surface area contributed by atoms with E-state index in [2.05, 4.69) is 30.1 Å². The summed E-state index contributed by atoms with van der Waals surface area (Å²) < 4.78 is 0. The van der Waals surface area contributed by atoms with Crippen molar-refractivity contribution in [3.05, 3.63) is 0 Å². The third-order valence-corrected chi connectivity index (χ3v) is 2.32. The summed E-state index contributed by atoms with van der Waals surface area (Å²) in [5.41, 5.74) is 0. The Bertz CT molecular complexity index is 179. The second-order valence-electron chi connectivity index (χ2n) is 4.19. The van der Waals surface area contributed by atoms with Crippen LogP contribution in [0.5, 0.6) is 0 Å². The first kappa shape index (κ1) is 10.6. The zero-order valence-electron chi connectivity index (χ0n) is 8.71. The third-order valence-electron chi connectivity index (χ3n) is 2.32. The van der Waals surface area contributed by atoms with E-state index in [1.165, 1.54) is 12.8 Å². The van der Waals surface area contributed by atoms with Crippen molar-refractivity contribution in [1.82, 2.24) is 10.2 Å². The maximum Gasteiger partial charge on any atom is 0.0596 e. The highest BCUT2D eigenvalue weighted by atomic mass is 15.1. The molecule has 1 saturated carbocycles. The first-order valence-electron chi connectivity index (χ1n) is 5.07. The number of terminal acetylenes is 1. The summed E-state index contributed by atoms with van der Waals surface area (Å²) in [4.78, 5) is 2.19. The van der Waals surface area contributed by atoms with Crippen molar-refractivity contribution in [3.63, 3.8) is 0 Å². The lowest BCUT2D eigenvalue weighted by atomic mass is 10.1. The van der Waals surface area contributed by atoms with Crippen molar-refractivity contribution in [2.75, 3.05) is 26.7 Å². The number of rotatable bonds is 6. The number of hydrogen-bond donors (Lipinski definition) is 1. The summed E-state index contributed by atoms with van der Waals surface area (Å²) in [5.74, 6) is 3.35. The van der Waals surface area contributed by atoms with Gasteiger partial charge in [-0.25, -0.2) is 0 Å². The van der Waals surface area contributed by atoms with Crippen LogP contribution in [0.25, 0.3) is 0 Å². The van der Waals surface area contributed by atoms with E-state index in [4.69, 9.17) is 6.42 Å². The molecule has 0 amide bonds. The number of hydrogen-bond acceptors (Lipinski definition) is 2. The zero-order valence-corrected chi connectivity index (χ0v) is 8.71. The van der Waals surface area contributed by atoms with Gasteiger partial charge in [0, 0.05) is 12.6 Å². The van der Waals surface area contributed by atoms with Crippen LogP contribution < -0.4 is 5.32 Å². The molecule has 1 unspecified atom stereocenters. The number of nitrogens with one attached hydrogen (secondary N) is 1. The van der Waals surface area contributed by atoms with Gasteiger partial charge in [0.05, 0.1) is 6.54 Å². The smallest absolute Gasteiger partial charge is 0.0596 e. The van der Waals surface area contributed by atoms with Gasteiger partial charge >= 0.3 is 0 Å². The van der Waals surface area contributed by atoms with Crippen molar-refractivity contribution in [1.29, 1.82) is 0 Å². The van der Waals surface area contributed by atoms with Crippen LogP contribution in [0, 0.1) is 18.3 Å². The van der Waals surface area contributed by atoms with Crippen LogP contribution in [0.2, 0.25) is 0 Å². The summed E-state index contributed by atoms with van der Waals surface area (Å²) in [6.07, 6.45) is 7.97. The fraction of sp³-hybridized carbons (Fsp3) is 0.818. The Labute approximate surface area is 81.7 Å². The molecule has 1 atom stereocenters. The fourth-order valence-electron chi connectivity index (χ4n) is 1.47. The Morgan fingerprint density at radius 3 is 2.85 bits per heavy atom. The minimum absolute atomic E-state index is 0.693. The molecule has 0 aromatic heterocycles. The largest absolute Gasteiger partial charge is 0.314 e. The Morgan fingerprint density at radius 1 is 1.62 bits per heavy atom. The molecule has 0 heterocycles. The predicted octanol–water partition coefficient (Wildman–Crippen LogP) is 0.940. The van der Waals surface area contributed by atoms with Crippen molar-refractivity contribution in [2.45, 2.75) is 25.8 Å². The van der Waals surface area contributed by atoms with Crippen LogP contribution in [0.3, 0.4) is 0 Å². The average Bonchev–Trinajstić information content (AvgIpc) is 2.84. The average molecular weight is 180 g/mol. The van der Waals surface area contributed by atoms with Gasteiger partial charge in [0.25, 0.3) is 0 Å². The molecule has 0 aromatic rings. The van der Waals surface area contributed by atoms with E-state index in [9.17, 15) is 0 Å². The Balaban J connectivity index is 2.01. The van der Waals surface area contributed by atoms with Crippen LogP contribution in [-0.2, 0) is 0 Å². The maximum atomic E-state index is 5.23. The monoisotopic (exact) mass is 180 g/mol. The van der Waals surface area contributed by atoms with Crippen LogP contribution in [0.15, 0.2) is 0 Å². The van der Waals surface area contributed by atoms with E-state index in [0.717, 1.165) is 25.7 Å². The van der Waals surface area contributed by atoms with E-state index >= 15 is 0 Å². The standard InChI is InChI=1S/C11H20N2/c1-4-7-13(3)9-10(2)8-12-11-5-6-11/h1,10-12H,5-9H2,2-3H3. The molecule has 13 heavy (non-hydrogen) atoms. The van der Waals surface area contributed by atoms with E-state index in [0.29, 0.717) is 5.92 Å². The quantitative estimate of drug-likeness (QED) is 0.612. The molecular formula is C11H20N2. The van der Waals surface area contributed by atoms with E-state index in [-0.39, 0.29) is 0 Å². The normalized spacial score (nSPS) is 18.6. The Morgan fingerprint density at radius 2 is 2.31 bits per heavy atom. The lowest BCUT2D eigenvalue weighted by molar-refractivity contribution is 0.308. The highest BCUT2D eigenvalue weighted by Crippen LogP contribution is 2.18. The lowest BCUT2D eigenvalue weighted by Crippen LogP contribution is -2.32. The molecule has 0 saturated heterocycles. The second kappa shape index (κ2) is 5.26. The maximum absolute atomic E-state index is 5.23. The zero-order chi connectivity index (χ0) is 9.68. The topological polar surface area (TPSA) is 15.3 Å². The molecular weight excluding hydrogens is 160 g/mol. The molecule has 2 heteroatoms. The van der Waals surface area contributed by atoms with Gasteiger partial charge in [-0.1, -0.05) is 12.8 Å². The summed E-state index contributed by atoms with van der Waals surface area (Å²) in [7, 11) is 2.08. The SMILES string of the molecule is C#CCN(C)CC(C)CNC1CC1. The molecule has 1 aliphatic rings. The summed E-state index contributed by atoms with van der Waals surface area (Å²) >= 11 is 0. The molecule has 0 spiro atoms. The van der Waals surface area contributed by atoms with Crippen molar-refractivity contribution in [3.8, 4) is 12.3 Å². The van der Waals surface area contributed by atoms with Gasteiger partial charge < -0.3 is 5.32 Å².